The van der Waals surface area contributed by atoms with E-state index in [0.29, 0.717) is 49.3 Å². The summed E-state index contributed by atoms with van der Waals surface area (Å²) in [4.78, 5) is 23.2. The van der Waals surface area contributed by atoms with E-state index < -0.39 is 0 Å². The molecule has 0 spiro atoms. The Morgan fingerprint density at radius 1 is 1.24 bits per heavy atom. The van der Waals surface area contributed by atoms with Crippen molar-refractivity contribution in [2.45, 2.75) is 38.5 Å². The molecule has 0 radical (unpaired) electrons. The van der Waals surface area contributed by atoms with Crippen LogP contribution in [0.1, 0.15) is 42.5 Å². The summed E-state index contributed by atoms with van der Waals surface area (Å²) >= 11 is 0. The molecule has 0 atom stereocenters. The number of methoxy groups -OCH3 is 1. The molecule has 0 aromatic carbocycles. The van der Waals surface area contributed by atoms with Crippen LogP contribution < -0.4 is 4.74 Å². The molecule has 9 nitrogen and oxygen atoms in total. The van der Waals surface area contributed by atoms with E-state index in [4.69, 9.17) is 13.8 Å². The quantitative estimate of drug-likeness (QED) is 0.625. The van der Waals surface area contributed by atoms with E-state index in [1.807, 2.05) is 24.0 Å². The highest BCUT2D eigenvalue weighted by molar-refractivity contribution is 5.76. The standard InChI is InChI=1S/C20H23N5O4/c1-13-3-4-15(12-21-13)20-22-19(24-29-20)14-7-9-25(10-8-14)18(26)6-5-16-11-17(27-2)23-28-16/h3-4,11-12,14H,5-10H2,1-2H3. The third kappa shape index (κ3) is 4.44. The van der Waals surface area contributed by atoms with Crippen LogP contribution in [0, 0.1) is 6.92 Å². The minimum atomic E-state index is 0.110. The second kappa shape index (κ2) is 8.42. The van der Waals surface area contributed by atoms with E-state index in [2.05, 4.69) is 20.3 Å². The molecule has 9 heteroatoms. The predicted octanol–water partition coefficient (Wildman–Crippen LogP) is 2.78. The maximum atomic E-state index is 12.5. The van der Waals surface area contributed by atoms with Gasteiger partial charge in [0.05, 0.1) is 12.7 Å². The molecule has 29 heavy (non-hydrogen) atoms. The van der Waals surface area contributed by atoms with E-state index in [1.54, 1.807) is 12.3 Å². The average Bonchev–Trinajstić information content (AvgIpc) is 3.42. The Labute approximate surface area is 168 Å². The number of pyridine rings is 1. The molecule has 1 aliphatic heterocycles. The first-order valence-electron chi connectivity index (χ1n) is 9.66. The van der Waals surface area contributed by atoms with Gasteiger partial charge in [0, 0.05) is 49.8 Å². The molecule has 1 fully saturated rings. The smallest absolute Gasteiger partial charge is 0.259 e. The van der Waals surface area contributed by atoms with Crippen molar-refractivity contribution in [2.75, 3.05) is 20.2 Å². The molecule has 0 saturated carbocycles. The van der Waals surface area contributed by atoms with E-state index in [1.165, 1.54) is 7.11 Å². The fourth-order valence-corrected chi connectivity index (χ4v) is 3.40. The zero-order chi connectivity index (χ0) is 20.2. The van der Waals surface area contributed by atoms with Crippen molar-refractivity contribution >= 4 is 5.91 Å². The first-order chi connectivity index (χ1) is 14.1. The van der Waals surface area contributed by atoms with Crippen molar-refractivity contribution in [1.29, 1.82) is 0 Å². The summed E-state index contributed by atoms with van der Waals surface area (Å²) < 4.78 is 15.5. The second-order valence-corrected chi connectivity index (χ2v) is 7.14. The summed E-state index contributed by atoms with van der Waals surface area (Å²) in [6.07, 6.45) is 4.25. The molecule has 152 valence electrons. The molecule has 0 unspecified atom stereocenters. The summed E-state index contributed by atoms with van der Waals surface area (Å²) in [5, 5.41) is 7.89. The molecule has 4 rings (SSSR count). The van der Waals surface area contributed by atoms with Crippen molar-refractivity contribution in [3.05, 3.63) is 41.7 Å². The highest BCUT2D eigenvalue weighted by atomic mass is 16.5. The number of nitrogens with zero attached hydrogens (tertiary/aromatic N) is 5. The van der Waals surface area contributed by atoms with Crippen LogP contribution in [0.5, 0.6) is 5.88 Å². The van der Waals surface area contributed by atoms with Gasteiger partial charge in [-0.1, -0.05) is 5.16 Å². The molecule has 3 aromatic rings. The number of carbonyl (C=O) groups is 1. The second-order valence-electron chi connectivity index (χ2n) is 7.14. The molecular weight excluding hydrogens is 374 g/mol. The van der Waals surface area contributed by atoms with Gasteiger partial charge < -0.3 is 18.7 Å². The van der Waals surface area contributed by atoms with E-state index in [0.717, 1.165) is 24.1 Å². The third-order valence-electron chi connectivity index (χ3n) is 5.14. The molecule has 1 aliphatic rings. The van der Waals surface area contributed by atoms with Crippen LogP contribution >= 0.6 is 0 Å². The van der Waals surface area contributed by atoms with Crippen LogP contribution in [0.25, 0.3) is 11.5 Å². The van der Waals surface area contributed by atoms with Gasteiger partial charge in [0.25, 0.3) is 11.8 Å². The Morgan fingerprint density at radius 2 is 2.07 bits per heavy atom. The van der Waals surface area contributed by atoms with Gasteiger partial charge in [-0.05, 0) is 37.1 Å². The van der Waals surface area contributed by atoms with Gasteiger partial charge in [0.15, 0.2) is 5.82 Å². The maximum Gasteiger partial charge on any atom is 0.259 e. The summed E-state index contributed by atoms with van der Waals surface area (Å²) in [5.41, 5.74) is 1.75. The van der Waals surface area contributed by atoms with Crippen LogP contribution in [0.4, 0.5) is 0 Å². The van der Waals surface area contributed by atoms with Crippen LogP contribution in [0.2, 0.25) is 0 Å². The number of aromatic nitrogens is 4. The van der Waals surface area contributed by atoms with Crippen molar-refractivity contribution in [3.63, 3.8) is 0 Å². The Kier molecular flexibility index (Phi) is 5.55. The minimum Gasteiger partial charge on any atom is -0.479 e. The molecule has 1 saturated heterocycles. The zero-order valence-electron chi connectivity index (χ0n) is 16.5. The van der Waals surface area contributed by atoms with Crippen molar-refractivity contribution in [2.24, 2.45) is 0 Å². The van der Waals surface area contributed by atoms with Gasteiger partial charge >= 0.3 is 0 Å². The Balaban J connectivity index is 1.29. The summed E-state index contributed by atoms with van der Waals surface area (Å²) in [7, 11) is 1.53. The van der Waals surface area contributed by atoms with Crippen LogP contribution in [-0.4, -0.2) is 51.3 Å². The Morgan fingerprint density at radius 3 is 2.76 bits per heavy atom. The average molecular weight is 397 g/mol. The van der Waals surface area contributed by atoms with Gasteiger partial charge in [-0.3, -0.25) is 9.78 Å². The number of aryl methyl sites for hydroxylation is 2. The Hall–Kier alpha value is -3.23. The number of likely N-dealkylation sites (tertiary alicyclic amines) is 1. The number of amides is 1. The number of rotatable bonds is 6. The number of carbonyl (C=O) groups excluding carboxylic acids is 1. The number of ether oxygens (including phenoxy) is 1. The highest BCUT2D eigenvalue weighted by Gasteiger charge is 2.27. The van der Waals surface area contributed by atoms with Crippen molar-refractivity contribution in [1.82, 2.24) is 25.2 Å². The topological polar surface area (TPSA) is 107 Å². The summed E-state index contributed by atoms with van der Waals surface area (Å²) in [6, 6.07) is 5.54. The van der Waals surface area contributed by atoms with Crippen LogP contribution in [0.15, 0.2) is 33.4 Å². The SMILES string of the molecule is COc1cc(CCC(=O)N2CCC(c3noc(-c4ccc(C)nc4)n3)CC2)on1. The molecular formula is C20H23N5O4. The van der Waals surface area contributed by atoms with Crippen molar-refractivity contribution in [3.8, 4) is 17.3 Å². The van der Waals surface area contributed by atoms with Crippen LogP contribution in [-0.2, 0) is 11.2 Å². The maximum absolute atomic E-state index is 12.5. The third-order valence-corrected chi connectivity index (χ3v) is 5.14. The fourth-order valence-electron chi connectivity index (χ4n) is 3.40. The lowest BCUT2D eigenvalue weighted by Crippen LogP contribution is -2.38. The monoisotopic (exact) mass is 397 g/mol. The van der Waals surface area contributed by atoms with Gasteiger partial charge in [-0.2, -0.15) is 4.98 Å². The molecule has 4 heterocycles. The molecule has 0 aliphatic carbocycles. The lowest BCUT2D eigenvalue weighted by Gasteiger charge is -2.30. The number of hydrogen-bond donors (Lipinski definition) is 0. The molecule has 3 aromatic heterocycles. The molecule has 1 amide bonds. The van der Waals surface area contributed by atoms with Gasteiger partial charge in [0.1, 0.15) is 5.76 Å². The zero-order valence-corrected chi connectivity index (χ0v) is 16.5. The Bertz CT molecular complexity index is 957. The fraction of sp³-hybridized carbons (Fsp3) is 0.450. The lowest BCUT2D eigenvalue weighted by atomic mass is 9.96. The first kappa shape index (κ1) is 19.1. The largest absolute Gasteiger partial charge is 0.479 e. The van der Waals surface area contributed by atoms with Gasteiger partial charge in [-0.15, -0.1) is 0 Å². The van der Waals surface area contributed by atoms with E-state index in [-0.39, 0.29) is 11.8 Å². The first-order valence-corrected chi connectivity index (χ1v) is 9.66. The highest BCUT2D eigenvalue weighted by Crippen LogP contribution is 2.28. The minimum absolute atomic E-state index is 0.110. The van der Waals surface area contributed by atoms with E-state index >= 15 is 0 Å². The molecule has 0 N–H and O–H groups in total. The normalized spacial score (nSPS) is 14.9. The lowest BCUT2D eigenvalue weighted by molar-refractivity contribution is -0.132. The van der Waals surface area contributed by atoms with Gasteiger partial charge in [-0.25, -0.2) is 0 Å². The van der Waals surface area contributed by atoms with Gasteiger partial charge in [0.2, 0.25) is 5.91 Å². The number of piperidine rings is 1. The summed E-state index contributed by atoms with van der Waals surface area (Å²) in [5.74, 6) is 2.55. The van der Waals surface area contributed by atoms with Crippen molar-refractivity contribution < 1.29 is 18.6 Å². The number of hydrogen-bond acceptors (Lipinski definition) is 8. The summed E-state index contributed by atoms with van der Waals surface area (Å²) in [6.45, 7) is 3.29. The molecule has 0 bridgehead atoms. The van der Waals surface area contributed by atoms with E-state index in [9.17, 15) is 4.79 Å². The van der Waals surface area contributed by atoms with Crippen LogP contribution in [0.3, 0.4) is 0 Å². The predicted molar refractivity (Wildman–Crippen MR) is 102 cm³/mol.